The van der Waals surface area contributed by atoms with Crippen LogP contribution in [0.3, 0.4) is 0 Å². The number of nitrogens with zero attached hydrogens (tertiary/aromatic N) is 2. The van der Waals surface area contributed by atoms with Gasteiger partial charge in [-0.05, 0) is 42.8 Å². The first-order valence-electron chi connectivity index (χ1n) is 10.6. The third kappa shape index (κ3) is 5.70. The minimum atomic E-state index is -3.81. The number of carbonyl (C=O) groups is 1. The highest BCUT2D eigenvalue weighted by Crippen LogP contribution is 2.15. The van der Waals surface area contributed by atoms with Crippen LogP contribution in [0.4, 0.5) is 4.39 Å². The first-order valence-corrected chi connectivity index (χ1v) is 12.1. The Bertz CT molecular complexity index is 1150. The highest BCUT2D eigenvalue weighted by molar-refractivity contribution is 7.89. The molecule has 10 heteroatoms. The molecule has 1 aliphatic heterocycles. The van der Waals surface area contributed by atoms with Crippen LogP contribution in [-0.2, 0) is 16.6 Å². The van der Waals surface area contributed by atoms with Crippen LogP contribution >= 0.6 is 0 Å². The molecule has 0 bridgehead atoms. The number of piperidine rings is 1. The Kier molecular flexibility index (Phi) is 7.94. The highest BCUT2D eigenvalue weighted by Gasteiger charge is 2.29. The van der Waals surface area contributed by atoms with Crippen molar-refractivity contribution in [2.45, 2.75) is 43.9 Å². The van der Waals surface area contributed by atoms with Gasteiger partial charge in [0.1, 0.15) is 11.8 Å². The molecular weight excluding hydrogens is 433 g/mol. The second-order valence-electron chi connectivity index (χ2n) is 7.17. The number of imidazole rings is 1. The van der Waals surface area contributed by atoms with Crippen molar-refractivity contribution < 1.29 is 17.6 Å². The summed E-state index contributed by atoms with van der Waals surface area (Å²) in [5, 5.41) is 5.70. The average molecular weight is 462 g/mol. The molecule has 8 nitrogen and oxygen atoms in total. The van der Waals surface area contributed by atoms with E-state index in [1.54, 1.807) is 47.3 Å². The van der Waals surface area contributed by atoms with Crippen molar-refractivity contribution >= 4 is 21.6 Å². The van der Waals surface area contributed by atoms with E-state index < -0.39 is 22.2 Å². The zero-order valence-corrected chi connectivity index (χ0v) is 18.9. The Morgan fingerprint density at radius 2 is 1.97 bits per heavy atom. The molecule has 1 saturated heterocycles. The van der Waals surface area contributed by atoms with Crippen molar-refractivity contribution in [3.63, 3.8) is 0 Å². The van der Waals surface area contributed by atoms with Gasteiger partial charge in [-0.15, -0.1) is 0 Å². The van der Waals surface area contributed by atoms with E-state index in [4.69, 9.17) is 0 Å². The molecule has 32 heavy (non-hydrogen) atoms. The fourth-order valence-corrected chi connectivity index (χ4v) is 4.64. The monoisotopic (exact) mass is 461 g/mol. The minimum absolute atomic E-state index is 0.0638. The molecule has 0 spiro atoms. The molecule has 1 fully saturated rings. The van der Waals surface area contributed by atoms with E-state index in [0.717, 1.165) is 11.2 Å². The van der Waals surface area contributed by atoms with Gasteiger partial charge in [0, 0.05) is 31.7 Å². The quantitative estimate of drug-likeness (QED) is 0.522. The van der Waals surface area contributed by atoms with Crippen molar-refractivity contribution in [1.82, 2.24) is 24.7 Å². The van der Waals surface area contributed by atoms with E-state index in [9.17, 15) is 17.6 Å². The maximum Gasteiger partial charge on any atom is 0.253 e. The number of alkyl halides is 1. The summed E-state index contributed by atoms with van der Waals surface area (Å²) in [6, 6.07) is 8.88. The number of sulfonamides is 1. The Hall–Kier alpha value is -2.82. The zero-order valence-electron chi connectivity index (χ0n) is 18.1. The van der Waals surface area contributed by atoms with Crippen molar-refractivity contribution in [2.24, 2.45) is 0 Å². The van der Waals surface area contributed by atoms with Gasteiger partial charge in [0.2, 0.25) is 10.0 Å². The summed E-state index contributed by atoms with van der Waals surface area (Å²) in [6.45, 7) is 4.95. The summed E-state index contributed by atoms with van der Waals surface area (Å²) in [7, 11) is -3.81. The van der Waals surface area contributed by atoms with Gasteiger partial charge in [0.25, 0.3) is 5.91 Å². The average Bonchev–Trinajstić information content (AvgIpc) is 3.28. The number of benzene rings is 1. The molecule has 2 atom stereocenters. The normalized spacial score (nSPS) is 18.6. The number of amides is 1. The predicted molar refractivity (Wildman–Crippen MR) is 121 cm³/mol. The summed E-state index contributed by atoms with van der Waals surface area (Å²) in [4.78, 5) is 16.6. The number of nitrogens with one attached hydrogen (secondary N) is 3. The molecule has 2 unspecified atom stereocenters. The van der Waals surface area contributed by atoms with Gasteiger partial charge in [-0.1, -0.05) is 26.0 Å². The van der Waals surface area contributed by atoms with Crippen LogP contribution in [0, 0.1) is 0 Å². The molecule has 3 N–H and O–H groups in total. The van der Waals surface area contributed by atoms with Crippen LogP contribution in [0.15, 0.2) is 59.9 Å². The summed E-state index contributed by atoms with van der Waals surface area (Å²) >= 11 is 0. The number of aromatic nitrogens is 2. The summed E-state index contributed by atoms with van der Waals surface area (Å²) < 4.78 is 43.1. The lowest BCUT2D eigenvalue weighted by Crippen LogP contribution is -2.50. The molecular formula is C22H28FN5O3S. The van der Waals surface area contributed by atoms with E-state index in [2.05, 4.69) is 20.3 Å². The van der Waals surface area contributed by atoms with Crippen LogP contribution in [-0.4, -0.2) is 49.0 Å². The summed E-state index contributed by atoms with van der Waals surface area (Å²) in [5.41, 5.74) is 1.99. The van der Waals surface area contributed by atoms with Gasteiger partial charge < -0.3 is 15.0 Å². The standard InChI is InChI=1S/C20H22FN5O3S.C2H6/c21-17-12-22-8-7-18(17)25-30(28,29)16-4-1-14(2-5-16)11-24-20(27)15-3-6-19-23-9-10-26(19)13-15;1-2/h1-6,9-10,13,17-18,22,25H,7-8,11-12H2,(H,24,27);1-2H3. The lowest BCUT2D eigenvalue weighted by atomic mass is 10.1. The number of carbonyl (C=O) groups excluding carboxylic acids is 1. The lowest BCUT2D eigenvalue weighted by molar-refractivity contribution is 0.0950. The molecule has 1 aliphatic rings. The predicted octanol–water partition coefficient (Wildman–Crippen LogP) is 2.27. The minimum Gasteiger partial charge on any atom is -0.348 e. The zero-order chi connectivity index (χ0) is 23.1. The molecule has 1 amide bonds. The highest BCUT2D eigenvalue weighted by atomic mass is 32.2. The topological polar surface area (TPSA) is 105 Å². The fraction of sp³-hybridized carbons (Fsp3) is 0.364. The number of fused-ring (bicyclic) bond motifs is 1. The van der Waals surface area contributed by atoms with Crippen LogP contribution in [0.5, 0.6) is 0 Å². The van der Waals surface area contributed by atoms with Crippen LogP contribution < -0.4 is 15.4 Å². The van der Waals surface area contributed by atoms with E-state index in [-0.39, 0.29) is 23.9 Å². The Balaban J connectivity index is 0.00000141. The first kappa shape index (κ1) is 23.8. The maximum atomic E-state index is 13.9. The number of hydrogen-bond donors (Lipinski definition) is 3. The SMILES string of the molecule is CC.O=C(NCc1ccc(S(=O)(=O)NC2CCNCC2F)cc1)c1ccc2nccn2c1. The fourth-order valence-electron chi connectivity index (χ4n) is 3.35. The van der Waals surface area contributed by atoms with Crippen LogP contribution in [0.2, 0.25) is 0 Å². The van der Waals surface area contributed by atoms with Gasteiger partial charge in [-0.25, -0.2) is 22.5 Å². The van der Waals surface area contributed by atoms with Gasteiger partial charge in [0.05, 0.1) is 16.5 Å². The number of rotatable bonds is 6. The van der Waals surface area contributed by atoms with Gasteiger partial charge in [-0.2, -0.15) is 0 Å². The van der Waals surface area contributed by atoms with E-state index >= 15 is 0 Å². The molecule has 4 rings (SSSR count). The maximum absolute atomic E-state index is 13.9. The van der Waals surface area contributed by atoms with Gasteiger partial charge in [0.15, 0.2) is 0 Å². The third-order valence-corrected chi connectivity index (χ3v) is 6.56. The molecule has 3 aromatic rings. The second kappa shape index (κ2) is 10.7. The van der Waals surface area contributed by atoms with Gasteiger partial charge >= 0.3 is 0 Å². The van der Waals surface area contributed by atoms with E-state index in [1.807, 2.05) is 13.8 Å². The second-order valence-corrected chi connectivity index (χ2v) is 8.89. The molecule has 172 valence electrons. The van der Waals surface area contributed by atoms with Crippen molar-refractivity contribution in [3.8, 4) is 0 Å². The lowest BCUT2D eigenvalue weighted by Gasteiger charge is -2.27. The van der Waals surface area contributed by atoms with Crippen molar-refractivity contribution in [3.05, 3.63) is 66.1 Å². The Morgan fingerprint density at radius 1 is 1.22 bits per heavy atom. The molecule has 0 aliphatic carbocycles. The summed E-state index contributed by atoms with van der Waals surface area (Å²) in [6.07, 6.45) is 4.24. The molecule has 0 radical (unpaired) electrons. The smallest absolute Gasteiger partial charge is 0.253 e. The summed E-state index contributed by atoms with van der Waals surface area (Å²) in [5.74, 6) is -0.246. The first-order chi connectivity index (χ1) is 15.4. The van der Waals surface area contributed by atoms with Gasteiger partial charge in [-0.3, -0.25) is 4.79 Å². The molecule has 1 aromatic carbocycles. The number of pyridine rings is 1. The number of hydrogen-bond acceptors (Lipinski definition) is 5. The molecule has 3 heterocycles. The van der Waals surface area contributed by atoms with Crippen LogP contribution in [0.25, 0.3) is 5.65 Å². The third-order valence-electron chi connectivity index (χ3n) is 5.05. The van der Waals surface area contributed by atoms with Crippen molar-refractivity contribution in [1.29, 1.82) is 0 Å². The largest absolute Gasteiger partial charge is 0.348 e. The van der Waals surface area contributed by atoms with Crippen molar-refractivity contribution in [2.75, 3.05) is 13.1 Å². The molecule has 0 saturated carbocycles. The van der Waals surface area contributed by atoms with E-state index in [1.165, 1.54) is 12.1 Å². The van der Waals surface area contributed by atoms with E-state index in [0.29, 0.717) is 18.5 Å². The number of halogens is 1. The Labute approximate surface area is 187 Å². The Morgan fingerprint density at radius 3 is 2.69 bits per heavy atom. The van der Waals surface area contributed by atoms with Crippen LogP contribution in [0.1, 0.15) is 36.2 Å². The molecule has 2 aromatic heterocycles.